The van der Waals surface area contributed by atoms with Crippen LogP contribution in [0.5, 0.6) is 17.2 Å². The van der Waals surface area contributed by atoms with Crippen LogP contribution in [0.1, 0.15) is 118 Å². The number of aromatic hydroxyl groups is 2. The van der Waals surface area contributed by atoms with Gasteiger partial charge in [0.1, 0.15) is 66.1 Å². The van der Waals surface area contributed by atoms with Gasteiger partial charge in [0, 0.05) is 83.3 Å². The molecule has 0 spiro atoms. The Labute approximate surface area is 618 Å². The van der Waals surface area contributed by atoms with Crippen molar-refractivity contribution < 1.29 is 92.5 Å². The molecular weight excluding hydrogens is 1410 g/mol. The Morgan fingerprint density at radius 2 is 1.30 bits per heavy atom. The number of esters is 1. The first-order valence-electron chi connectivity index (χ1n) is 34.9. The molecule has 2 heterocycles. The molecule has 29 nitrogen and oxygen atoms in total. The second kappa shape index (κ2) is 37.7. The number of hydrogen-bond acceptors (Lipinski definition) is 22. The van der Waals surface area contributed by atoms with Crippen LogP contribution >= 0.6 is 21.6 Å². The predicted octanol–water partition coefficient (Wildman–Crippen LogP) is 1.64. The number of ketones is 3. The lowest BCUT2D eigenvalue weighted by Gasteiger charge is -2.29. The fourth-order valence-corrected chi connectivity index (χ4v) is 15.2. The number of hydrogen-bond donors (Lipinski definition) is 15. The monoisotopic (exact) mass is 1500 g/mol. The van der Waals surface area contributed by atoms with E-state index in [1.165, 1.54) is 39.2 Å². The number of phenols is 2. The van der Waals surface area contributed by atoms with Gasteiger partial charge in [-0.3, -0.25) is 57.5 Å². The van der Waals surface area contributed by atoms with E-state index in [1.807, 2.05) is 6.07 Å². The minimum atomic E-state index is -1.76. The summed E-state index contributed by atoms with van der Waals surface area (Å²) in [6, 6.07) is 16.8. The number of aromatic amines is 1. The van der Waals surface area contributed by atoms with Gasteiger partial charge < -0.3 is 88.3 Å². The number of rotatable bonds is 26. The van der Waals surface area contributed by atoms with Crippen molar-refractivity contribution in [3.63, 3.8) is 0 Å². The van der Waals surface area contributed by atoms with Crippen LogP contribution in [0, 0.1) is 5.92 Å². The fourth-order valence-electron chi connectivity index (χ4n) is 12.9. The molecular formula is C75H88N10O19S2. The number of nitrogens with two attached hydrogens (primary N) is 1. The highest BCUT2D eigenvalue weighted by Gasteiger charge is 2.43. The van der Waals surface area contributed by atoms with E-state index in [0.717, 1.165) is 21.6 Å². The zero-order valence-corrected chi connectivity index (χ0v) is 60.2. The summed E-state index contributed by atoms with van der Waals surface area (Å²) in [6.07, 6.45) is -1.89. The third-order valence-corrected chi connectivity index (χ3v) is 21.2. The number of H-pyrrole nitrogens is 1. The minimum absolute atomic E-state index is 0.0285. The predicted molar refractivity (Wildman–Crippen MR) is 391 cm³/mol. The average Bonchev–Trinajstić information content (AvgIpc) is 0.786. The maximum atomic E-state index is 15.2. The summed E-state index contributed by atoms with van der Waals surface area (Å²) in [5.41, 5.74) is 7.71. The van der Waals surface area contributed by atoms with Gasteiger partial charge in [-0.05, 0) is 94.2 Å². The van der Waals surface area contributed by atoms with Crippen LogP contribution in [-0.4, -0.2) is 200 Å². The maximum Gasteiger partial charge on any atom is 0.306 e. The van der Waals surface area contributed by atoms with Crippen molar-refractivity contribution in [3.8, 4) is 17.2 Å². The maximum absolute atomic E-state index is 15.2. The van der Waals surface area contributed by atoms with E-state index in [4.69, 9.17) is 15.2 Å². The van der Waals surface area contributed by atoms with Crippen LogP contribution in [0.3, 0.4) is 0 Å². The molecule has 5 aromatic carbocycles. The molecule has 6 aromatic rings. The molecule has 3 unspecified atom stereocenters. The molecule has 1 aliphatic heterocycles. The smallest absolute Gasteiger partial charge is 0.306 e. The largest absolute Gasteiger partial charge is 0.507 e. The van der Waals surface area contributed by atoms with Gasteiger partial charge in [0.15, 0.2) is 11.6 Å². The third-order valence-electron chi connectivity index (χ3n) is 18.8. The molecule has 16 N–H and O–H groups in total. The summed E-state index contributed by atoms with van der Waals surface area (Å²) >= 11 is 0. The number of nitrogens with one attached hydrogen (secondary N) is 9. The fraction of sp³-hybridized carbons (Fsp3) is 0.413. The Kier molecular flexibility index (Phi) is 28.4. The number of Topliss-reactive ketones (excluding diaryl/α,β-unsaturated/α-hetero) is 1. The van der Waals surface area contributed by atoms with E-state index in [-0.39, 0.29) is 116 Å². The molecule has 0 radical (unpaired) electrons. The lowest BCUT2D eigenvalue weighted by atomic mass is 9.75. The number of para-hydroxylation sites is 1. The molecule has 0 saturated carbocycles. The van der Waals surface area contributed by atoms with E-state index < -0.39 is 167 Å². The molecule has 11 atom stereocenters. The molecule has 31 heteroatoms. The number of aliphatic hydroxyl groups is 3. The highest BCUT2D eigenvalue weighted by atomic mass is 33.1. The number of methoxy groups -OCH3 is 1. The van der Waals surface area contributed by atoms with Crippen molar-refractivity contribution >= 4 is 103 Å². The average molecular weight is 1500 g/mol. The minimum Gasteiger partial charge on any atom is -0.507 e. The molecule has 8 amide bonds. The zero-order valence-electron chi connectivity index (χ0n) is 58.6. The number of benzene rings is 5. The van der Waals surface area contributed by atoms with Crippen LogP contribution in [0.15, 0.2) is 109 Å². The van der Waals surface area contributed by atoms with E-state index in [1.54, 1.807) is 85.1 Å². The number of fused-ring (bicyclic) bond motifs is 4. The van der Waals surface area contributed by atoms with Gasteiger partial charge in [0.05, 0.1) is 48.7 Å². The van der Waals surface area contributed by atoms with Crippen LogP contribution < -0.4 is 53.0 Å². The normalized spacial score (nSPS) is 20.7. The highest BCUT2D eigenvalue weighted by Crippen LogP contribution is 2.47. The lowest BCUT2D eigenvalue weighted by molar-refractivity contribution is -0.149. The molecule has 9 rings (SSSR count). The molecule has 0 bridgehead atoms. The standard InChI is InChI=1S/C75H88N10O19S2/c1-39(87)54(35-86)82-74(101)56-38-106-105-37-55(73(100)80-52(31-42-18-8-5-9-19-42)71(98)81-53(33-44-34-77-49-22-11-10-20-45(44)49)72(99)79-50(23-12-13-29-76)69(96)85-64(40(2)88)75(102)84-56)83-70(97)51(30-41-16-6-4-7-17-41)78-59(90)25-15-26-60(91)104-36-57(89)43-27-28-46-48(32-43)67(94)62-63(65(46)92)68(95)61-47(66(62)93)21-14-24-58(61)103-3/h4-11,14,16-22,24,34,39-40,43,50-56,64,77,86-88,92,94H,12-13,15,23,25-33,35-38,76H2,1-3H3,(H,78,90)(H,79,99)(H,80,100)(H,81,98)(H,82,101)(H,83,97)(H,84,102)(H,85,96)/t39-,40-,43?,50?,51-,52+,53-,54-,55?,56+,64+/m1/s1. The van der Waals surface area contributed by atoms with Crippen LogP contribution in [0.4, 0.5) is 0 Å². The van der Waals surface area contributed by atoms with Crippen molar-refractivity contribution in [2.75, 3.05) is 38.4 Å². The first-order chi connectivity index (χ1) is 50.9. The summed E-state index contributed by atoms with van der Waals surface area (Å²) < 4.78 is 10.7. The number of amides is 8. The number of phenolic OH excluding ortho intramolecular Hbond substituents is 2. The lowest BCUT2D eigenvalue weighted by Crippen LogP contribution is -2.62. The molecule has 106 heavy (non-hydrogen) atoms. The Balaban J connectivity index is 0.939. The molecule has 1 aromatic heterocycles. The van der Waals surface area contributed by atoms with E-state index >= 15 is 9.59 Å². The van der Waals surface area contributed by atoms with Crippen molar-refractivity contribution in [1.82, 2.24) is 47.5 Å². The number of aromatic nitrogens is 1. The summed E-state index contributed by atoms with van der Waals surface area (Å²) in [5, 5.41) is 76.6. The van der Waals surface area contributed by atoms with Gasteiger partial charge in [-0.2, -0.15) is 0 Å². The van der Waals surface area contributed by atoms with Gasteiger partial charge in [0.25, 0.3) is 0 Å². The van der Waals surface area contributed by atoms with Crippen LogP contribution in [0.2, 0.25) is 0 Å². The number of unbranched alkanes of at least 4 members (excludes halogenated alkanes) is 1. The van der Waals surface area contributed by atoms with Crippen molar-refractivity contribution in [3.05, 3.63) is 159 Å². The second-order valence-electron chi connectivity index (χ2n) is 26.4. The van der Waals surface area contributed by atoms with E-state index in [2.05, 4.69) is 47.5 Å². The SMILES string of the molecule is COc1cccc2c1C(=O)c1c(O)c3c(c(O)c1C2=O)CC(C(=O)COC(=O)CCCC(=O)N[C@H](Cc1ccccc1)C(=O)NC1CSSC[C@@H](C(=O)N[C@H](CO)[C@@H](C)O)NC(=O)[C@H]([C@@H](C)O)NC(=O)C(CCCCN)NC(=O)[C@@H](Cc2c[nH]c4ccccc24)NC(=O)[C@H](Cc2ccccc2)NC1=O)CC3. The van der Waals surface area contributed by atoms with Gasteiger partial charge in [-0.15, -0.1) is 0 Å². The highest BCUT2D eigenvalue weighted by molar-refractivity contribution is 8.76. The number of aliphatic hydroxyl groups excluding tert-OH is 3. The van der Waals surface area contributed by atoms with Crippen molar-refractivity contribution in [1.29, 1.82) is 0 Å². The Hall–Kier alpha value is -10.2. The first kappa shape index (κ1) is 79.9. The Morgan fingerprint density at radius 3 is 1.99 bits per heavy atom. The molecule has 1 fully saturated rings. The third kappa shape index (κ3) is 20.2. The molecule has 1 saturated heterocycles. The number of carbonyl (C=O) groups excluding carboxylic acids is 12. The van der Waals surface area contributed by atoms with Crippen LogP contribution in [0.25, 0.3) is 10.9 Å². The van der Waals surface area contributed by atoms with E-state index in [0.29, 0.717) is 40.4 Å². The quantitative estimate of drug-likeness (QED) is 0.0159. The number of ether oxygens (including phenoxy) is 2. The van der Waals surface area contributed by atoms with Crippen molar-refractivity contribution in [2.45, 2.75) is 151 Å². The first-order valence-corrected chi connectivity index (χ1v) is 37.4. The second-order valence-corrected chi connectivity index (χ2v) is 28.9. The van der Waals surface area contributed by atoms with Crippen molar-refractivity contribution in [2.24, 2.45) is 11.7 Å². The summed E-state index contributed by atoms with van der Waals surface area (Å²) in [4.78, 5) is 175. The van der Waals surface area contributed by atoms with Gasteiger partial charge >= 0.3 is 5.97 Å². The Bertz CT molecular complexity index is 4230. The summed E-state index contributed by atoms with van der Waals surface area (Å²) in [6.45, 7) is 1.33. The summed E-state index contributed by atoms with van der Waals surface area (Å²) in [7, 11) is 3.18. The Morgan fingerprint density at radius 1 is 0.660 bits per heavy atom. The van der Waals surface area contributed by atoms with E-state index in [9.17, 15) is 73.5 Å². The zero-order chi connectivity index (χ0) is 76.3. The number of carbonyl (C=O) groups is 12. The van der Waals surface area contributed by atoms with Gasteiger partial charge in [-0.1, -0.05) is 113 Å². The van der Waals surface area contributed by atoms with Crippen LogP contribution in [-0.2, 0) is 84.8 Å². The molecule has 2 aliphatic carbocycles. The summed E-state index contributed by atoms with van der Waals surface area (Å²) in [5.74, 6) is -12.4. The van der Waals surface area contributed by atoms with Gasteiger partial charge in [-0.25, -0.2) is 0 Å². The molecule has 3 aliphatic rings. The van der Waals surface area contributed by atoms with Gasteiger partial charge in [0.2, 0.25) is 53.0 Å². The molecule has 564 valence electrons. The topological polar surface area (TPSA) is 462 Å².